The third-order valence-electron chi connectivity index (χ3n) is 6.09. The fourth-order valence-corrected chi connectivity index (χ4v) is 4.44. The molecule has 1 aromatic heterocycles. The van der Waals surface area contributed by atoms with Crippen molar-refractivity contribution in [3.63, 3.8) is 0 Å². The number of nitrogens with zero attached hydrogens (tertiary/aromatic N) is 1. The van der Waals surface area contributed by atoms with Crippen LogP contribution in [0.5, 0.6) is 0 Å². The van der Waals surface area contributed by atoms with Gasteiger partial charge in [-0.05, 0) is 60.7 Å². The topological polar surface area (TPSA) is 51.1 Å². The van der Waals surface area contributed by atoms with Crippen LogP contribution in [-0.4, -0.2) is 28.5 Å². The fraction of sp³-hybridized carbons (Fsp3) is 0.360. The van der Waals surface area contributed by atoms with Gasteiger partial charge in [-0.2, -0.15) is 13.2 Å². The van der Waals surface area contributed by atoms with Gasteiger partial charge in [0.2, 0.25) is 5.91 Å². The largest absolute Gasteiger partial charge is 0.454 e. The number of ketones is 1. The first-order valence-corrected chi connectivity index (χ1v) is 10.8. The van der Waals surface area contributed by atoms with Crippen LogP contribution in [0.3, 0.4) is 0 Å². The number of rotatable bonds is 5. The van der Waals surface area contributed by atoms with Gasteiger partial charge in [-0.15, -0.1) is 0 Å². The average Bonchev–Trinajstić information content (AvgIpc) is 3.05. The van der Waals surface area contributed by atoms with Gasteiger partial charge in [0.1, 0.15) is 5.82 Å². The first-order chi connectivity index (χ1) is 15.5. The fourth-order valence-electron chi connectivity index (χ4n) is 4.44. The van der Waals surface area contributed by atoms with Crippen LogP contribution in [0.1, 0.15) is 47.4 Å². The molecule has 0 saturated heterocycles. The predicted octanol–water partition coefficient (Wildman–Crippen LogP) is 5.20. The summed E-state index contributed by atoms with van der Waals surface area (Å²) < 4.78 is 54.9. The second kappa shape index (κ2) is 8.65. The van der Waals surface area contributed by atoms with Crippen molar-refractivity contribution in [3.05, 3.63) is 70.7 Å². The summed E-state index contributed by atoms with van der Waals surface area (Å²) in [5.41, 5.74) is 2.73. The number of carbonyl (C=O) groups excluding carboxylic acids is 2. The maximum absolute atomic E-state index is 13.7. The van der Waals surface area contributed by atoms with Crippen molar-refractivity contribution in [1.82, 2.24) is 9.88 Å². The Labute approximate surface area is 188 Å². The number of benzene rings is 2. The second-order valence-corrected chi connectivity index (χ2v) is 8.80. The number of Topliss-reactive ketones (excluding diaryl/α,β-unsaturated/α-hetero) is 1. The molecule has 1 amide bonds. The Morgan fingerprint density at radius 2 is 1.91 bits per heavy atom. The highest BCUT2D eigenvalue weighted by atomic mass is 19.4. The molecule has 0 bridgehead atoms. The Hall–Kier alpha value is -3.16. The van der Waals surface area contributed by atoms with E-state index in [1.54, 1.807) is 26.0 Å². The van der Waals surface area contributed by atoms with Crippen molar-refractivity contribution in [2.75, 3.05) is 0 Å². The zero-order chi connectivity index (χ0) is 23.9. The molecule has 3 aromatic rings. The number of carbonyl (C=O) groups is 2. The van der Waals surface area contributed by atoms with E-state index in [1.165, 1.54) is 30.3 Å². The van der Waals surface area contributed by atoms with Crippen LogP contribution in [0.2, 0.25) is 0 Å². The molecule has 0 aliphatic heterocycles. The minimum absolute atomic E-state index is 0.0834. The molecule has 1 aliphatic rings. The van der Waals surface area contributed by atoms with E-state index < -0.39 is 17.5 Å². The second-order valence-electron chi connectivity index (χ2n) is 8.80. The van der Waals surface area contributed by atoms with Crippen molar-refractivity contribution < 1.29 is 27.2 Å². The number of amides is 1. The summed E-state index contributed by atoms with van der Waals surface area (Å²) in [5, 5.41) is 3.56. The number of aromatic nitrogens is 1. The minimum atomic E-state index is -4.97. The summed E-state index contributed by atoms with van der Waals surface area (Å²) in [6.07, 6.45) is -3.24. The molecule has 1 N–H and O–H groups in total. The highest BCUT2D eigenvalue weighted by Crippen LogP contribution is 2.35. The molecule has 4 rings (SSSR count). The van der Waals surface area contributed by atoms with Crippen molar-refractivity contribution in [2.24, 2.45) is 5.92 Å². The molecule has 8 heteroatoms. The van der Waals surface area contributed by atoms with Crippen molar-refractivity contribution in [1.29, 1.82) is 0 Å². The van der Waals surface area contributed by atoms with Gasteiger partial charge in [0, 0.05) is 40.7 Å². The van der Waals surface area contributed by atoms with E-state index in [1.807, 2.05) is 4.57 Å². The Bertz CT molecular complexity index is 1230. The summed E-state index contributed by atoms with van der Waals surface area (Å²) in [7, 11) is 0. The number of fused-ring (bicyclic) bond motifs is 3. The zero-order valence-corrected chi connectivity index (χ0v) is 18.3. The van der Waals surface area contributed by atoms with E-state index in [0.717, 1.165) is 16.8 Å². The number of hydrogen-bond donors (Lipinski definition) is 1. The molecule has 1 unspecified atom stereocenters. The maximum atomic E-state index is 13.7. The molecule has 0 saturated carbocycles. The third kappa shape index (κ3) is 4.65. The molecule has 1 heterocycles. The zero-order valence-electron chi connectivity index (χ0n) is 18.3. The predicted molar refractivity (Wildman–Crippen MR) is 117 cm³/mol. The first kappa shape index (κ1) is 23.0. The molecule has 0 radical (unpaired) electrons. The van der Waals surface area contributed by atoms with E-state index >= 15 is 0 Å². The summed E-state index contributed by atoms with van der Waals surface area (Å²) in [4.78, 5) is 24.1. The minimum Gasteiger partial charge on any atom is -0.353 e. The monoisotopic (exact) mass is 460 g/mol. The highest BCUT2D eigenvalue weighted by Gasteiger charge is 2.39. The quantitative estimate of drug-likeness (QED) is 0.420. The van der Waals surface area contributed by atoms with Gasteiger partial charge in [0.05, 0.1) is 0 Å². The Balaban J connectivity index is 1.80. The summed E-state index contributed by atoms with van der Waals surface area (Å²) in [5.74, 6) is -2.53. The van der Waals surface area contributed by atoms with E-state index in [2.05, 4.69) is 5.32 Å². The number of alkyl halides is 3. The van der Waals surface area contributed by atoms with E-state index in [-0.39, 0.29) is 23.7 Å². The highest BCUT2D eigenvalue weighted by molar-refractivity contribution is 6.03. The van der Waals surface area contributed by atoms with Crippen LogP contribution in [0.25, 0.3) is 10.9 Å². The van der Waals surface area contributed by atoms with Crippen LogP contribution in [0, 0.1) is 11.7 Å². The van der Waals surface area contributed by atoms with E-state index in [9.17, 15) is 27.2 Å². The van der Waals surface area contributed by atoms with Gasteiger partial charge in [0.25, 0.3) is 5.78 Å². The van der Waals surface area contributed by atoms with Crippen LogP contribution in [-0.2, 0) is 24.2 Å². The van der Waals surface area contributed by atoms with Crippen LogP contribution < -0.4 is 5.32 Å². The molecule has 33 heavy (non-hydrogen) atoms. The normalized spacial score (nSPS) is 16.2. The molecular weight excluding hydrogens is 436 g/mol. The lowest BCUT2D eigenvalue weighted by molar-refractivity contribution is -0.124. The lowest BCUT2D eigenvalue weighted by Crippen LogP contribution is -2.41. The van der Waals surface area contributed by atoms with Crippen molar-refractivity contribution in [3.8, 4) is 0 Å². The molecular formula is C25H24F4N2O2. The summed E-state index contributed by atoms with van der Waals surface area (Å²) >= 11 is 0. The molecule has 0 spiro atoms. The molecule has 4 nitrogen and oxygen atoms in total. The third-order valence-corrected chi connectivity index (χ3v) is 6.09. The van der Waals surface area contributed by atoms with Gasteiger partial charge in [-0.1, -0.05) is 26.0 Å². The molecule has 174 valence electrons. The van der Waals surface area contributed by atoms with Crippen molar-refractivity contribution in [2.45, 2.75) is 51.9 Å². The number of nitrogens with one attached hydrogen (secondary N) is 1. The van der Waals surface area contributed by atoms with Crippen LogP contribution in [0.15, 0.2) is 42.5 Å². The van der Waals surface area contributed by atoms with Gasteiger partial charge < -0.3 is 9.88 Å². The SMILES string of the molecule is CC(C)C(=O)NC1CCc2c(c3cc(C(=O)C(F)(F)F)ccc3n2Cc2cccc(F)c2)C1. The Morgan fingerprint density at radius 1 is 1.15 bits per heavy atom. The molecule has 0 fully saturated rings. The smallest absolute Gasteiger partial charge is 0.353 e. The number of halogens is 4. The average molecular weight is 460 g/mol. The maximum Gasteiger partial charge on any atom is 0.454 e. The summed E-state index contributed by atoms with van der Waals surface area (Å²) in [6.45, 7) is 3.94. The van der Waals surface area contributed by atoms with Gasteiger partial charge >= 0.3 is 6.18 Å². The standard InChI is InChI=1S/C25H24F4N2O2/c1-14(2)24(33)30-18-7-9-22-20(12-18)19-11-16(23(32)25(27,28)29)6-8-21(19)31(22)13-15-4-3-5-17(26)10-15/h3-6,8,10-11,14,18H,7,9,12-13H2,1-2H3,(H,30,33). The Morgan fingerprint density at radius 3 is 2.58 bits per heavy atom. The van der Waals surface area contributed by atoms with E-state index in [0.29, 0.717) is 36.7 Å². The molecule has 1 atom stereocenters. The Kier molecular flexibility index (Phi) is 6.03. The van der Waals surface area contributed by atoms with Crippen molar-refractivity contribution >= 4 is 22.6 Å². The van der Waals surface area contributed by atoms with Gasteiger partial charge in [-0.3, -0.25) is 9.59 Å². The van der Waals surface area contributed by atoms with E-state index in [4.69, 9.17) is 0 Å². The van der Waals surface area contributed by atoms with Gasteiger partial charge in [-0.25, -0.2) is 4.39 Å². The lowest BCUT2D eigenvalue weighted by Gasteiger charge is -2.26. The first-order valence-electron chi connectivity index (χ1n) is 10.8. The van der Waals surface area contributed by atoms with Gasteiger partial charge in [0.15, 0.2) is 0 Å². The van der Waals surface area contributed by atoms with Crippen LogP contribution >= 0.6 is 0 Å². The lowest BCUT2D eigenvalue weighted by atomic mass is 9.90. The molecule has 1 aliphatic carbocycles. The van der Waals surface area contributed by atoms with Crippen LogP contribution in [0.4, 0.5) is 17.6 Å². The number of hydrogen-bond acceptors (Lipinski definition) is 2. The molecule has 2 aromatic carbocycles. The summed E-state index contributed by atoms with van der Waals surface area (Å²) in [6, 6.07) is 10.0.